The number of nitrogens with zero attached hydrogens (tertiary/aromatic N) is 3. The van der Waals surface area contributed by atoms with Crippen molar-refractivity contribution in [1.82, 2.24) is 14.8 Å². The number of likely N-dealkylation sites (N-methyl/N-ethyl adjacent to an activating group) is 1. The second-order valence-corrected chi connectivity index (χ2v) is 7.03. The molecule has 1 fully saturated rings. The molecule has 2 heterocycles. The number of carbonyl (C=O) groups excluding carboxylic acids is 1. The van der Waals surface area contributed by atoms with Crippen molar-refractivity contribution < 1.29 is 4.79 Å². The summed E-state index contributed by atoms with van der Waals surface area (Å²) in [6, 6.07) is 3.77. The third-order valence-electron chi connectivity index (χ3n) is 3.95. The molecule has 0 spiro atoms. The summed E-state index contributed by atoms with van der Waals surface area (Å²) in [6.45, 7) is 10.9. The van der Waals surface area contributed by atoms with Crippen molar-refractivity contribution in [2.75, 3.05) is 32.4 Å². The molecule has 1 saturated heterocycles. The fraction of sp³-hybridized carbons (Fsp3) is 0.625. The van der Waals surface area contributed by atoms with Crippen LogP contribution in [-0.4, -0.2) is 53.4 Å². The maximum absolute atomic E-state index is 12.8. The second kappa shape index (κ2) is 5.64. The first-order chi connectivity index (χ1) is 9.68. The first kappa shape index (κ1) is 15.8. The number of aromatic nitrogens is 1. The van der Waals surface area contributed by atoms with Gasteiger partial charge in [0.2, 0.25) is 0 Å². The fourth-order valence-corrected chi connectivity index (χ4v) is 2.67. The number of hydrogen-bond acceptors (Lipinski definition) is 4. The van der Waals surface area contributed by atoms with E-state index in [0.29, 0.717) is 11.4 Å². The first-order valence-electron chi connectivity index (χ1n) is 7.46. The highest BCUT2D eigenvalue weighted by molar-refractivity contribution is 5.95. The fourth-order valence-electron chi connectivity index (χ4n) is 2.67. The topological polar surface area (TPSA) is 62.5 Å². The summed E-state index contributed by atoms with van der Waals surface area (Å²) in [5.74, 6) is 0.461. The van der Waals surface area contributed by atoms with Gasteiger partial charge in [-0.15, -0.1) is 0 Å². The molecule has 1 aromatic rings. The van der Waals surface area contributed by atoms with Gasteiger partial charge < -0.3 is 15.5 Å². The smallest absolute Gasteiger partial charge is 0.254 e. The van der Waals surface area contributed by atoms with Crippen LogP contribution in [0.1, 0.15) is 43.7 Å². The molecule has 1 aliphatic heterocycles. The minimum absolute atomic E-state index is 0.0511. The van der Waals surface area contributed by atoms with Crippen LogP contribution < -0.4 is 5.73 Å². The summed E-state index contributed by atoms with van der Waals surface area (Å²) in [6.07, 6.45) is 0. The normalized spacial score (nSPS) is 20.6. The maximum Gasteiger partial charge on any atom is 0.254 e. The lowest BCUT2D eigenvalue weighted by molar-refractivity contribution is 0.0533. The molecule has 21 heavy (non-hydrogen) atoms. The van der Waals surface area contributed by atoms with E-state index < -0.39 is 0 Å². The van der Waals surface area contributed by atoms with Crippen LogP contribution in [0.5, 0.6) is 0 Å². The number of nitrogen functional groups attached to an aromatic ring is 1. The Labute approximate surface area is 127 Å². The molecule has 116 valence electrons. The van der Waals surface area contributed by atoms with Crippen LogP contribution in [0.3, 0.4) is 0 Å². The molecule has 2 N–H and O–H groups in total. The largest absolute Gasteiger partial charge is 0.384 e. The Morgan fingerprint density at radius 1 is 1.33 bits per heavy atom. The van der Waals surface area contributed by atoms with Crippen LogP contribution in [0.4, 0.5) is 5.82 Å². The average Bonchev–Trinajstić information content (AvgIpc) is 2.36. The maximum atomic E-state index is 12.8. The molecule has 1 amide bonds. The van der Waals surface area contributed by atoms with Crippen LogP contribution in [0.15, 0.2) is 12.1 Å². The molecular weight excluding hydrogens is 264 g/mol. The molecule has 1 atom stereocenters. The van der Waals surface area contributed by atoms with Gasteiger partial charge in [0, 0.05) is 42.3 Å². The first-order valence-corrected chi connectivity index (χ1v) is 7.46. The SMILES string of the molecule is CC1CN(C)CCN1C(=O)c1cc(N)nc(C(C)(C)C)c1. The summed E-state index contributed by atoms with van der Waals surface area (Å²) in [5.41, 5.74) is 7.26. The van der Waals surface area contributed by atoms with E-state index in [1.807, 2.05) is 11.0 Å². The number of amides is 1. The Bertz CT molecular complexity index is 536. The third kappa shape index (κ3) is 3.53. The number of nitrogens with two attached hydrogens (primary N) is 1. The number of carbonyl (C=O) groups is 1. The Hall–Kier alpha value is -1.62. The molecule has 5 nitrogen and oxygen atoms in total. The average molecular weight is 290 g/mol. The van der Waals surface area contributed by atoms with Gasteiger partial charge in [-0.25, -0.2) is 4.98 Å². The monoisotopic (exact) mass is 290 g/mol. The minimum Gasteiger partial charge on any atom is -0.384 e. The van der Waals surface area contributed by atoms with Crippen LogP contribution in [0.2, 0.25) is 0 Å². The molecule has 0 aromatic carbocycles. The van der Waals surface area contributed by atoms with E-state index in [2.05, 4.69) is 44.6 Å². The lowest BCUT2D eigenvalue weighted by Gasteiger charge is -2.38. The zero-order chi connectivity index (χ0) is 15.8. The van der Waals surface area contributed by atoms with Gasteiger partial charge in [-0.1, -0.05) is 20.8 Å². The molecule has 5 heteroatoms. The predicted molar refractivity (Wildman–Crippen MR) is 85.3 cm³/mol. The zero-order valence-corrected chi connectivity index (χ0v) is 13.7. The number of rotatable bonds is 1. The van der Waals surface area contributed by atoms with E-state index in [4.69, 9.17) is 5.73 Å². The molecule has 0 aliphatic carbocycles. The van der Waals surface area contributed by atoms with Gasteiger partial charge in [0.1, 0.15) is 5.82 Å². The van der Waals surface area contributed by atoms with Gasteiger partial charge >= 0.3 is 0 Å². The van der Waals surface area contributed by atoms with Crippen molar-refractivity contribution in [3.8, 4) is 0 Å². The summed E-state index contributed by atoms with van der Waals surface area (Å²) in [7, 11) is 2.08. The van der Waals surface area contributed by atoms with Crippen LogP contribution in [-0.2, 0) is 5.41 Å². The van der Waals surface area contributed by atoms with Crippen molar-refractivity contribution in [1.29, 1.82) is 0 Å². The molecule has 1 aliphatic rings. The van der Waals surface area contributed by atoms with Crippen molar-refractivity contribution >= 4 is 11.7 Å². The standard InChI is InChI=1S/C16H26N4O/c1-11-10-19(5)6-7-20(11)15(21)12-8-13(16(2,3)4)18-14(17)9-12/h8-9,11H,6-7,10H2,1-5H3,(H2,17,18). The van der Waals surface area contributed by atoms with Crippen LogP contribution in [0, 0.1) is 0 Å². The van der Waals surface area contributed by atoms with Crippen molar-refractivity contribution in [2.24, 2.45) is 0 Å². The minimum atomic E-state index is -0.127. The Morgan fingerprint density at radius 3 is 2.57 bits per heavy atom. The summed E-state index contributed by atoms with van der Waals surface area (Å²) in [4.78, 5) is 21.3. The summed E-state index contributed by atoms with van der Waals surface area (Å²) >= 11 is 0. The Morgan fingerprint density at radius 2 is 2.00 bits per heavy atom. The Balaban J connectivity index is 2.29. The second-order valence-electron chi connectivity index (χ2n) is 7.03. The molecule has 2 rings (SSSR count). The lowest BCUT2D eigenvalue weighted by Crippen LogP contribution is -2.52. The molecule has 1 unspecified atom stereocenters. The van der Waals surface area contributed by atoms with Gasteiger partial charge in [0.25, 0.3) is 5.91 Å². The molecular formula is C16H26N4O. The van der Waals surface area contributed by atoms with Crippen molar-refractivity contribution in [3.05, 3.63) is 23.4 Å². The number of pyridine rings is 1. The van der Waals surface area contributed by atoms with Crippen molar-refractivity contribution in [2.45, 2.75) is 39.2 Å². The van der Waals surface area contributed by atoms with Gasteiger partial charge in [-0.05, 0) is 26.1 Å². The lowest BCUT2D eigenvalue weighted by atomic mass is 9.90. The van der Waals surface area contributed by atoms with Gasteiger partial charge in [0.15, 0.2) is 0 Å². The molecule has 0 bridgehead atoms. The predicted octanol–water partition coefficient (Wildman–Crippen LogP) is 1.74. The highest BCUT2D eigenvalue weighted by atomic mass is 16.2. The van der Waals surface area contributed by atoms with E-state index >= 15 is 0 Å². The van der Waals surface area contributed by atoms with E-state index in [9.17, 15) is 4.79 Å². The summed E-state index contributed by atoms with van der Waals surface area (Å²) < 4.78 is 0. The van der Waals surface area contributed by atoms with Gasteiger partial charge in [0.05, 0.1) is 0 Å². The van der Waals surface area contributed by atoms with Gasteiger partial charge in [-0.2, -0.15) is 0 Å². The molecule has 1 aromatic heterocycles. The number of piperazine rings is 1. The van der Waals surface area contributed by atoms with E-state index in [0.717, 1.165) is 25.3 Å². The highest BCUT2D eigenvalue weighted by Crippen LogP contribution is 2.24. The number of hydrogen-bond donors (Lipinski definition) is 1. The molecule has 0 radical (unpaired) electrons. The van der Waals surface area contributed by atoms with E-state index in [-0.39, 0.29) is 17.4 Å². The highest BCUT2D eigenvalue weighted by Gasteiger charge is 2.28. The van der Waals surface area contributed by atoms with E-state index in [1.54, 1.807) is 6.07 Å². The van der Waals surface area contributed by atoms with Crippen LogP contribution in [0.25, 0.3) is 0 Å². The molecule has 0 saturated carbocycles. The zero-order valence-electron chi connectivity index (χ0n) is 13.7. The number of anilines is 1. The van der Waals surface area contributed by atoms with Gasteiger partial charge in [-0.3, -0.25) is 4.79 Å². The van der Waals surface area contributed by atoms with E-state index in [1.165, 1.54) is 0 Å². The van der Waals surface area contributed by atoms with Crippen LogP contribution >= 0.6 is 0 Å². The quantitative estimate of drug-likeness (QED) is 0.855. The Kier molecular flexibility index (Phi) is 4.23. The van der Waals surface area contributed by atoms with Crippen molar-refractivity contribution in [3.63, 3.8) is 0 Å². The summed E-state index contributed by atoms with van der Waals surface area (Å²) in [5, 5.41) is 0. The third-order valence-corrected chi connectivity index (χ3v) is 3.95.